The van der Waals surface area contributed by atoms with Gasteiger partial charge in [0.15, 0.2) is 5.60 Å². The molecule has 2 amide bonds. The highest BCUT2D eigenvalue weighted by molar-refractivity contribution is 8.00. The van der Waals surface area contributed by atoms with Crippen molar-refractivity contribution in [1.29, 1.82) is 0 Å². The molecule has 1 unspecified atom stereocenters. The van der Waals surface area contributed by atoms with Crippen molar-refractivity contribution in [3.63, 3.8) is 0 Å². The fourth-order valence-corrected chi connectivity index (χ4v) is 5.09. The molecule has 0 bridgehead atoms. The van der Waals surface area contributed by atoms with E-state index in [0.717, 1.165) is 11.3 Å². The Bertz CT molecular complexity index is 944. The van der Waals surface area contributed by atoms with E-state index in [2.05, 4.69) is 17.4 Å². The van der Waals surface area contributed by atoms with E-state index >= 15 is 0 Å². The summed E-state index contributed by atoms with van der Waals surface area (Å²) in [6.07, 6.45) is 0. The van der Waals surface area contributed by atoms with Gasteiger partial charge in [0.25, 0.3) is 11.8 Å². The first-order valence-corrected chi connectivity index (χ1v) is 10.9. The van der Waals surface area contributed by atoms with E-state index in [1.165, 1.54) is 4.90 Å². The minimum Gasteiger partial charge on any atom is -0.376 e. The monoisotopic (exact) mass is 425 g/mol. The number of fused-ring (bicyclic) bond motifs is 1. The molecule has 0 spiro atoms. The molecule has 156 valence electrons. The number of rotatable bonds is 3. The van der Waals surface area contributed by atoms with Gasteiger partial charge in [-0.05, 0) is 29.8 Å². The van der Waals surface area contributed by atoms with Crippen LogP contribution in [-0.4, -0.2) is 71.7 Å². The van der Waals surface area contributed by atoms with Gasteiger partial charge >= 0.3 is 0 Å². The predicted molar refractivity (Wildman–Crippen MR) is 113 cm³/mol. The van der Waals surface area contributed by atoms with Gasteiger partial charge in [-0.3, -0.25) is 9.59 Å². The number of hydrogen-bond donors (Lipinski definition) is 2. The van der Waals surface area contributed by atoms with Crippen LogP contribution < -0.4 is 5.32 Å². The van der Waals surface area contributed by atoms with Crippen LogP contribution in [0.3, 0.4) is 0 Å². The minimum absolute atomic E-state index is 0.0327. The summed E-state index contributed by atoms with van der Waals surface area (Å²) in [6, 6.07) is 16.0. The maximum Gasteiger partial charge on any atom is 0.259 e. The lowest BCUT2D eigenvalue weighted by Crippen LogP contribution is -2.64. The molecule has 2 N–H and O–H groups in total. The van der Waals surface area contributed by atoms with Gasteiger partial charge in [-0.15, -0.1) is 0 Å². The minimum atomic E-state index is -1.38. The van der Waals surface area contributed by atoms with Gasteiger partial charge in [0, 0.05) is 42.3 Å². The average molecular weight is 426 g/mol. The third-order valence-corrected chi connectivity index (χ3v) is 7.05. The van der Waals surface area contributed by atoms with Gasteiger partial charge in [-0.1, -0.05) is 36.0 Å². The molecule has 2 fully saturated rings. The lowest BCUT2D eigenvalue weighted by molar-refractivity contribution is -0.201. The Hall–Kier alpha value is -2.55. The molecule has 0 saturated carbocycles. The molecule has 5 rings (SSSR count). The van der Waals surface area contributed by atoms with Crippen molar-refractivity contribution in [2.24, 2.45) is 0 Å². The number of carbonyl (C=O) groups excluding carboxylic acids is 2. The number of carbonyl (C=O) groups is 2. The molecular weight excluding hydrogens is 402 g/mol. The quantitative estimate of drug-likeness (QED) is 0.782. The van der Waals surface area contributed by atoms with Crippen molar-refractivity contribution in [1.82, 2.24) is 9.80 Å². The highest BCUT2D eigenvalue weighted by atomic mass is 32.2. The van der Waals surface area contributed by atoms with E-state index in [-0.39, 0.29) is 30.4 Å². The van der Waals surface area contributed by atoms with E-state index in [1.54, 1.807) is 21.6 Å². The molecule has 7 nitrogen and oxygen atoms in total. The third kappa shape index (κ3) is 3.45. The normalized spacial score (nSPS) is 22.1. The summed E-state index contributed by atoms with van der Waals surface area (Å²) in [5, 5.41) is 13.8. The van der Waals surface area contributed by atoms with Crippen LogP contribution in [0, 0.1) is 0 Å². The van der Waals surface area contributed by atoms with E-state index in [0.29, 0.717) is 31.7 Å². The summed E-state index contributed by atoms with van der Waals surface area (Å²) >= 11 is 1.77. The van der Waals surface area contributed by atoms with Gasteiger partial charge < -0.3 is 25.0 Å². The van der Waals surface area contributed by atoms with Crippen molar-refractivity contribution in [3.05, 3.63) is 59.7 Å². The van der Waals surface area contributed by atoms with Crippen LogP contribution in [0.15, 0.2) is 53.4 Å². The molecule has 3 aliphatic heterocycles. The number of piperazine rings is 1. The van der Waals surface area contributed by atoms with Crippen molar-refractivity contribution in [3.8, 4) is 0 Å². The predicted octanol–water partition coefficient (Wildman–Crippen LogP) is 1.95. The van der Waals surface area contributed by atoms with Crippen LogP contribution in [0.4, 0.5) is 5.69 Å². The first kappa shape index (κ1) is 19.4. The number of para-hydroxylation sites is 1. The maximum atomic E-state index is 12.9. The number of thioether (sulfide) groups is 1. The van der Waals surface area contributed by atoms with Gasteiger partial charge in [-0.25, -0.2) is 0 Å². The van der Waals surface area contributed by atoms with Crippen LogP contribution in [0.25, 0.3) is 0 Å². The Morgan fingerprint density at radius 3 is 2.30 bits per heavy atom. The van der Waals surface area contributed by atoms with Gasteiger partial charge in [0.1, 0.15) is 5.37 Å². The van der Waals surface area contributed by atoms with Crippen LogP contribution in [0.2, 0.25) is 0 Å². The summed E-state index contributed by atoms with van der Waals surface area (Å²) < 4.78 is 4.96. The van der Waals surface area contributed by atoms with Crippen molar-refractivity contribution < 1.29 is 19.4 Å². The molecule has 3 heterocycles. The lowest BCUT2D eigenvalue weighted by atomic mass is 10.00. The molecule has 0 aromatic heterocycles. The first-order valence-electron chi connectivity index (χ1n) is 10.0. The van der Waals surface area contributed by atoms with Gasteiger partial charge in [0.2, 0.25) is 0 Å². The largest absolute Gasteiger partial charge is 0.376 e. The average Bonchev–Trinajstić information content (AvgIpc) is 3.21. The number of anilines is 1. The van der Waals surface area contributed by atoms with Crippen LogP contribution >= 0.6 is 11.8 Å². The molecule has 8 heteroatoms. The van der Waals surface area contributed by atoms with Crippen LogP contribution in [0.1, 0.15) is 21.3 Å². The number of nitrogens with one attached hydrogen (secondary N) is 1. The Morgan fingerprint density at radius 2 is 1.67 bits per heavy atom. The lowest BCUT2D eigenvalue weighted by Gasteiger charge is -2.42. The van der Waals surface area contributed by atoms with E-state index in [4.69, 9.17) is 4.74 Å². The summed E-state index contributed by atoms with van der Waals surface area (Å²) in [5.41, 5.74) is 1.52. The number of amides is 2. The highest BCUT2D eigenvalue weighted by Crippen LogP contribution is 2.46. The number of hydrogen-bond acceptors (Lipinski definition) is 6. The molecule has 0 aliphatic carbocycles. The van der Waals surface area contributed by atoms with Crippen molar-refractivity contribution >= 4 is 29.3 Å². The van der Waals surface area contributed by atoms with Gasteiger partial charge in [-0.2, -0.15) is 0 Å². The van der Waals surface area contributed by atoms with Crippen LogP contribution in [0.5, 0.6) is 0 Å². The number of nitrogens with zero attached hydrogens (tertiary/aromatic N) is 2. The second kappa shape index (κ2) is 7.61. The zero-order valence-corrected chi connectivity index (χ0v) is 17.2. The number of benzene rings is 2. The zero-order chi connectivity index (χ0) is 20.7. The molecule has 2 aromatic carbocycles. The molecule has 30 heavy (non-hydrogen) atoms. The Labute approximate surface area is 179 Å². The smallest absolute Gasteiger partial charge is 0.259 e. The SMILES string of the molecule is O=C(c1ccc(C2Nc3ccccc3S2)cc1)N1CCN(C(=O)C2(O)COC2)CC1. The van der Waals surface area contributed by atoms with E-state index < -0.39 is 5.60 Å². The molecular formula is C22H23N3O4S. The summed E-state index contributed by atoms with van der Waals surface area (Å²) in [7, 11) is 0. The molecule has 2 aromatic rings. The Morgan fingerprint density at radius 1 is 1.00 bits per heavy atom. The van der Waals surface area contributed by atoms with E-state index in [1.807, 2.05) is 36.4 Å². The summed E-state index contributed by atoms with van der Waals surface area (Å²) in [4.78, 5) is 29.9. The molecule has 3 aliphatic rings. The second-order valence-corrected chi connectivity index (χ2v) is 9.02. The fourth-order valence-electron chi connectivity index (χ4n) is 3.95. The fraction of sp³-hybridized carbons (Fsp3) is 0.364. The summed E-state index contributed by atoms with van der Waals surface area (Å²) in [5.74, 6) is -0.331. The summed E-state index contributed by atoms with van der Waals surface area (Å²) in [6.45, 7) is 1.86. The first-order chi connectivity index (χ1) is 14.5. The van der Waals surface area contributed by atoms with Crippen molar-refractivity contribution in [2.45, 2.75) is 15.9 Å². The molecule has 0 radical (unpaired) electrons. The topological polar surface area (TPSA) is 82.1 Å². The number of aliphatic hydroxyl groups is 1. The number of ether oxygens (including phenoxy) is 1. The standard InChI is InChI=1S/C22H23N3O4S/c26-20(24-9-11-25(12-10-24)21(27)22(28)13-29-14-22)16-7-5-15(6-8-16)19-23-17-3-1-2-4-18(17)30-19/h1-8,19,23,28H,9-14H2. The van der Waals surface area contributed by atoms with E-state index in [9.17, 15) is 14.7 Å². The Kier molecular flexibility index (Phi) is 4.92. The third-order valence-electron chi connectivity index (χ3n) is 5.81. The van der Waals surface area contributed by atoms with Crippen LogP contribution in [-0.2, 0) is 9.53 Å². The Balaban J connectivity index is 1.19. The molecule has 1 atom stereocenters. The van der Waals surface area contributed by atoms with Gasteiger partial charge in [0.05, 0.1) is 13.2 Å². The second-order valence-electron chi connectivity index (χ2n) is 7.87. The van der Waals surface area contributed by atoms with Crippen molar-refractivity contribution in [2.75, 3.05) is 44.7 Å². The maximum absolute atomic E-state index is 12.9. The zero-order valence-electron chi connectivity index (χ0n) is 16.4. The highest BCUT2D eigenvalue weighted by Gasteiger charge is 2.46. The molecule has 2 saturated heterocycles.